The van der Waals surface area contributed by atoms with Crippen LogP contribution in [0.15, 0.2) is 35.7 Å². The van der Waals surface area contributed by atoms with E-state index in [1.165, 1.54) is 42.0 Å². The second kappa shape index (κ2) is 7.08. The lowest BCUT2D eigenvalue weighted by Crippen LogP contribution is -2.41. The predicted octanol–water partition coefficient (Wildman–Crippen LogP) is 5.08. The van der Waals surface area contributed by atoms with E-state index in [0.717, 1.165) is 25.9 Å². The summed E-state index contributed by atoms with van der Waals surface area (Å²) in [7, 11) is 0. The predicted molar refractivity (Wildman–Crippen MR) is 101 cm³/mol. The van der Waals surface area contributed by atoms with Gasteiger partial charge in [-0.3, -0.25) is 0 Å². The zero-order valence-electron chi connectivity index (χ0n) is 15.7. The number of nitrogens with zero attached hydrogens (tertiary/aromatic N) is 1. The Kier molecular flexibility index (Phi) is 5.07. The van der Waals surface area contributed by atoms with Crippen molar-refractivity contribution in [3.05, 3.63) is 41.3 Å². The summed E-state index contributed by atoms with van der Waals surface area (Å²) in [6, 6.07) is 9.28. The highest BCUT2D eigenvalue weighted by atomic mass is 16.5. The molecule has 0 unspecified atom stereocenters. The summed E-state index contributed by atoms with van der Waals surface area (Å²) in [5, 5.41) is 3.69. The van der Waals surface area contributed by atoms with Crippen molar-refractivity contribution < 1.29 is 4.74 Å². The van der Waals surface area contributed by atoms with Crippen LogP contribution >= 0.6 is 0 Å². The molecular weight excluding hydrogens is 296 g/mol. The molecule has 1 aromatic rings. The van der Waals surface area contributed by atoms with Gasteiger partial charge in [0.2, 0.25) is 0 Å². The van der Waals surface area contributed by atoms with E-state index >= 15 is 0 Å². The normalized spacial score (nSPS) is 19.0. The fraction of sp³-hybridized carbons (Fsp3) is 0.619. The summed E-state index contributed by atoms with van der Waals surface area (Å²) < 4.78 is 6.33. The van der Waals surface area contributed by atoms with E-state index in [1.807, 2.05) is 0 Å². The van der Waals surface area contributed by atoms with Crippen LogP contribution in [0.1, 0.15) is 58.4 Å². The second-order valence-corrected chi connectivity index (χ2v) is 8.25. The number of allylic oxidation sites excluding steroid dienone is 1. The first-order valence-corrected chi connectivity index (χ1v) is 9.40. The number of piperidine rings is 1. The molecule has 3 nitrogen and oxygen atoms in total. The van der Waals surface area contributed by atoms with Gasteiger partial charge in [0.25, 0.3) is 0 Å². The molecule has 1 aliphatic carbocycles. The lowest BCUT2D eigenvalue weighted by molar-refractivity contribution is -0.00852. The Bertz CT molecular complexity index is 569. The van der Waals surface area contributed by atoms with Crippen molar-refractivity contribution in [3.63, 3.8) is 0 Å². The number of aryl methyl sites for hydroxylation is 1. The molecule has 3 heteroatoms. The van der Waals surface area contributed by atoms with Crippen molar-refractivity contribution in [3.8, 4) is 0 Å². The van der Waals surface area contributed by atoms with Gasteiger partial charge >= 0.3 is 0 Å². The number of ether oxygens (including phenoxy) is 1. The average molecular weight is 329 g/mol. The largest absolute Gasteiger partial charge is 0.473 e. The zero-order valence-corrected chi connectivity index (χ0v) is 15.7. The maximum Gasteiger partial charge on any atom is 0.188 e. The van der Waals surface area contributed by atoms with Crippen molar-refractivity contribution >= 4 is 5.69 Å². The summed E-state index contributed by atoms with van der Waals surface area (Å²) in [6.45, 7) is 10.7. The number of benzene rings is 1. The smallest absolute Gasteiger partial charge is 0.188 e. The second-order valence-electron chi connectivity index (χ2n) is 8.25. The fourth-order valence-corrected chi connectivity index (χ4v) is 3.33. The van der Waals surface area contributed by atoms with Gasteiger partial charge in [0.15, 0.2) is 5.88 Å². The van der Waals surface area contributed by atoms with E-state index < -0.39 is 0 Å². The first-order valence-electron chi connectivity index (χ1n) is 9.40. The monoisotopic (exact) mass is 328 g/mol. The van der Waals surface area contributed by atoms with Gasteiger partial charge in [-0.1, -0.05) is 17.7 Å². The van der Waals surface area contributed by atoms with E-state index in [-0.39, 0.29) is 5.60 Å². The van der Waals surface area contributed by atoms with Gasteiger partial charge in [-0.25, -0.2) is 0 Å². The van der Waals surface area contributed by atoms with Gasteiger partial charge in [0.05, 0.1) is 0 Å². The van der Waals surface area contributed by atoms with Gasteiger partial charge in [-0.15, -0.1) is 0 Å². The van der Waals surface area contributed by atoms with Gasteiger partial charge in [0.1, 0.15) is 5.60 Å². The molecule has 1 saturated heterocycles. The van der Waals surface area contributed by atoms with Crippen molar-refractivity contribution in [2.24, 2.45) is 0 Å². The average Bonchev–Trinajstić information content (AvgIpc) is 2.47. The standard InChI is InChI=1S/C21H32N2O/c1-16-8-10-18(11-9-16)22-19-12-14-23(15-13-19)20(17-6-5-7-17)24-21(2,3)4/h8-11,19,22H,5-7,12-15H2,1-4H3. The molecule has 2 aliphatic rings. The summed E-state index contributed by atoms with van der Waals surface area (Å²) in [5.74, 6) is 1.18. The van der Waals surface area contributed by atoms with E-state index in [1.54, 1.807) is 0 Å². The summed E-state index contributed by atoms with van der Waals surface area (Å²) in [6.07, 6.45) is 6.08. The number of likely N-dealkylation sites (tertiary alicyclic amines) is 1. The van der Waals surface area contributed by atoms with E-state index in [2.05, 4.69) is 62.2 Å². The highest BCUT2D eigenvalue weighted by Crippen LogP contribution is 2.34. The first-order chi connectivity index (χ1) is 11.4. The fourth-order valence-electron chi connectivity index (χ4n) is 3.33. The quantitative estimate of drug-likeness (QED) is 0.780. The Morgan fingerprint density at radius 1 is 1.08 bits per heavy atom. The molecule has 1 saturated carbocycles. The molecule has 2 fully saturated rings. The van der Waals surface area contributed by atoms with Crippen molar-refractivity contribution in [2.45, 2.75) is 71.4 Å². The van der Waals surface area contributed by atoms with Gasteiger partial charge in [-0.2, -0.15) is 0 Å². The minimum absolute atomic E-state index is 0.116. The molecule has 132 valence electrons. The molecule has 0 aromatic heterocycles. The Labute approximate surface area is 147 Å². The molecule has 1 aliphatic heterocycles. The number of rotatable bonds is 4. The number of hydrogen-bond acceptors (Lipinski definition) is 3. The maximum absolute atomic E-state index is 6.33. The van der Waals surface area contributed by atoms with Crippen LogP contribution in [0.25, 0.3) is 0 Å². The Hall–Kier alpha value is -1.64. The minimum Gasteiger partial charge on any atom is -0.473 e. The van der Waals surface area contributed by atoms with Crippen LogP contribution in [0.2, 0.25) is 0 Å². The third kappa shape index (κ3) is 4.46. The van der Waals surface area contributed by atoms with Crippen molar-refractivity contribution in [2.75, 3.05) is 18.4 Å². The van der Waals surface area contributed by atoms with Crippen molar-refractivity contribution in [1.82, 2.24) is 4.90 Å². The van der Waals surface area contributed by atoms with Crippen LogP contribution in [0.4, 0.5) is 5.69 Å². The summed E-state index contributed by atoms with van der Waals surface area (Å²) in [4.78, 5) is 2.48. The van der Waals surface area contributed by atoms with Gasteiger partial charge < -0.3 is 15.0 Å². The number of nitrogens with one attached hydrogen (secondary N) is 1. The molecule has 3 rings (SSSR count). The van der Waals surface area contributed by atoms with E-state index in [9.17, 15) is 0 Å². The molecular formula is C21H32N2O. The van der Waals surface area contributed by atoms with Crippen LogP contribution in [-0.2, 0) is 4.74 Å². The highest BCUT2D eigenvalue weighted by molar-refractivity contribution is 5.45. The lowest BCUT2D eigenvalue weighted by atomic mass is 9.91. The molecule has 1 heterocycles. The molecule has 24 heavy (non-hydrogen) atoms. The van der Waals surface area contributed by atoms with E-state index in [0.29, 0.717) is 6.04 Å². The molecule has 1 N–H and O–H groups in total. The van der Waals surface area contributed by atoms with E-state index in [4.69, 9.17) is 4.74 Å². The molecule has 0 atom stereocenters. The van der Waals surface area contributed by atoms with Crippen LogP contribution in [0, 0.1) is 6.92 Å². The lowest BCUT2D eigenvalue weighted by Gasteiger charge is -2.40. The Morgan fingerprint density at radius 2 is 1.71 bits per heavy atom. The van der Waals surface area contributed by atoms with Crippen LogP contribution < -0.4 is 5.32 Å². The summed E-state index contributed by atoms with van der Waals surface area (Å²) in [5.41, 5.74) is 3.96. The van der Waals surface area contributed by atoms with Crippen molar-refractivity contribution in [1.29, 1.82) is 0 Å². The number of hydrogen-bond donors (Lipinski definition) is 1. The summed E-state index contributed by atoms with van der Waals surface area (Å²) >= 11 is 0. The van der Waals surface area contributed by atoms with Crippen LogP contribution in [0.3, 0.4) is 0 Å². The Balaban J connectivity index is 1.58. The van der Waals surface area contributed by atoms with Gasteiger partial charge in [0, 0.05) is 24.8 Å². The molecule has 1 aromatic carbocycles. The zero-order chi connectivity index (χ0) is 17.2. The Morgan fingerprint density at radius 3 is 2.21 bits per heavy atom. The topological polar surface area (TPSA) is 24.5 Å². The van der Waals surface area contributed by atoms with Gasteiger partial charge in [-0.05, 0) is 77.5 Å². The molecule has 0 radical (unpaired) electrons. The first kappa shape index (κ1) is 17.2. The third-order valence-electron chi connectivity index (χ3n) is 4.87. The minimum atomic E-state index is -0.116. The maximum atomic E-state index is 6.33. The van der Waals surface area contributed by atoms with Crippen LogP contribution in [-0.4, -0.2) is 29.6 Å². The highest BCUT2D eigenvalue weighted by Gasteiger charge is 2.28. The molecule has 0 spiro atoms. The third-order valence-corrected chi connectivity index (χ3v) is 4.87. The van der Waals surface area contributed by atoms with Crippen LogP contribution in [0.5, 0.6) is 0 Å². The number of anilines is 1. The SMILES string of the molecule is Cc1ccc(NC2CCN(C(OC(C)(C)C)=C3CCC3)CC2)cc1. The molecule has 0 amide bonds. The molecule has 0 bridgehead atoms.